The summed E-state index contributed by atoms with van der Waals surface area (Å²) in [5, 5.41) is 4.41. The Kier molecular flexibility index (Phi) is 6.30. The summed E-state index contributed by atoms with van der Waals surface area (Å²) < 4.78 is 5.07. The van der Waals surface area contributed by atoms with Crippen molar-refractivity contribution in [3.05, 3.63) is 32.4 Å². The van der Waals surface area contributed by atoms with Gasteiger partial charge in [-0.1, -0.05) is 19.0 Å². The summed E-state index contributed by atoms with van der Waals surface area (Å²) in [5.41, 5.74) is -0.532. The Morgan fingerprint density at radius 2 is 1.93 bits per heavy atom. The molecule has 1 aliphatic rings. The number of aryl methyl sites for hydroxylation is 1. The van der Waals surface area contributed by atoms with Crippen LogP contribution in [0.25, 0.3) is 11.1 Å². The van der Waals surface area contributed by atoms with Crippen molar-refractivity contribution in [3.63, 3.8) is 0 Å². The van der Waals surface area contributed by atoms with Crippen LogP contribution in [0.15, 0.2) is 25.2 Å². The maximum absolute atomic E-state index is 12.4. The normalized spacial score (nSPS) is 15.1. The number of aromatic amines is 1. The molecule has 2 aromatic heterocycles. The van der Waals surface area contributed by atoms with E-state index in [1.165, 1.54) is 6.07 Å². The van der Waals surface area contributed by atoms with Gasteiger partial charge in [-0.15, -0.1) is 0 Å². The molecule has 3 rings (SSSR count). The SMILES string of the molecule is CCCC(=NOc1nc2oc(=O)cc(CC)c2c(=O)[nH]1)N1CCN(C(C)=O)CC1. The van der Waals surface area contributed by atoms with Gasteiger partial charge in [0.05, 0.1) is 0 Å². The van der Waals surface area contributed by atoms with E-state index >= 15 is 0 Å². The summed E-state index contributed by atoms with van der Waals surface area (Å²) in [7, 11) is 0. The molecule has 10 nitrogen and oxygen atoms in total. The van der Waals surface area contributed by atoms with Crippen molar-refractivity contribution in [1.82, 2.24) is 19.8 Å². The van der Waals surface area contributed by atoms with Crippen LogP contribution >= 0.6 is 0 Å². The molecule has 1 amide bonds. The number of rotatable bonds is 5. The molecule has 29 heavy (non-hydrogen) atoms. The van der Waals surface area contributed by atoms with Crippen molar-refractivity contribution in [3.8, 4) is 6.01 Å². The van der Waals surface area contributed by atoms with Crippen molar-refractivity contribution < 1.29 is 14.0 Å². The Bertz CT molecular complexity index is 1030. The molecular formula is C19H25N5O5. The van der Waals surface area contributed by atoms with Crippen molar-refractivity contribution in [2.24, 2.45) is 5.16 Å². The molecule has 0 radical (unpaired) electrons. The fourth-order valence-electron chi connectivity index (χ4n) is 3.31. The van der Waals surface area contributed by atoms with Crippen LogP contribution < -0.4 is 16.0 Å². The average molecular weight is 403 g/mol. The highest BCUT2D eigenvalue weighted by Gasteiger charge is 2.21. The Hall–Kier alpha value is -3.17. The summed E-state index contributed by atoms with van der Waals surface area (Å²) in [4.78, 5) is 51.5. The van der Waals surface area contributed by atoms with Gasteiger partial charge in [-0.3, -0.25) is 14.6 Å². The number of amides is 1. The van der Waals surface area contributed by atoms with Crippen LogP contribution in [0.2, 0.25) is 0 Å². The molecule has 10 heteroatoms. The van der Waals surface area contributed by atoms with E-state index in [4.69, 9.17) is 9.25 Å². The van der Waals surface area contributed by atoms with E-state index in [1.807, 2.05) is 13.8 Å². The van der Waals surface area contributed by atoms with E-state index in [9.17, 15) is 14.4 Å². The first-order valence-electron chi connectivity index (χ1n) is 9.74. The quantitative estimate of drug-likeness (QED) is 0.451. The van der Waals surface area contributed by atoms with E-state index in [0.29, 0.717) is 50.4 Å². The molecule has 0 unspecified atom stereocenters. The largest absolute Gasteiger partial charge is 0.403 e. The number of nitrogens with zero attached hydrogens (tertiary/aromatic N) is 4. The van der Waals surface area contributed by atoms with Crippen molar-refractivity contribution in [1.29, 1.82) is 0 Å². The molecule has 1 N–H and O–H groups in total. The van der Waals surface area contributed by atoms with Crippen LogP contribution in [-0.2, 0) is 11.2 Å². The third-order valence-corrected chi connectivity index (χ3v) is 4.86. The van der Waals surface area contributed by atoms with Crippen molar-refractivity contribution in [2.45, 2.75) is 40.0 Å². The fourth-order valence-corrected chi connectivity index (χ4v) is 3.31. The van der Waals surface area contributed by atoms with Gasteiger partial charge in [0.15, 0.2) is 0 Å². The minimum atomic E-state index is -0.572. The fraction of sp³-hybridized carbons (Fsp3) is 0.526. The number of piperazine rings is 1. The van der Waals surface area contributed by atoms with Gasteiger partial charge in [0.2, 0.25) is 11.6 Å². The Balaban J connectivity index is 1.84. The van der Waals surface area contributed by atoms with E-state index in [0.717, 1.165) is 6.42 Å². The molecule has 2 aromatic rings. The first kappa shape index (κ1) is 20.6. The monoisotopic (exact) mass is 403 g/mol. The molecule has 0 bridgehead atoms. The number of oxime groups is 1. The molecule has 1 saturated heterocycles. The van der Waals surface area contributed by atoms with Gasteiger partial charge < -0.3 is 19.1 Å². The maximum atomic E-state index is 12.4. The smallest absolute Gasteiger partial charge is 0.337 e. The third kappa shape index (κ3) is 4.64. The second-order valence-electron chi connectivity index (χ2n) is 6.84. The molecule has 1 aliphatic heterocycles. The lowest BCUT2D eigenvalue weighted by Gasteiger charge is -2.35. The van der Waals surface area contributed by atoms with Crippen molar-refractivity contribution in [2.75, 3.05) is 26.2 Å². The zero-order valence-electron chi connectivity index (χ0n) is 16.9. The summed E-state index contributed by atoms with van der Waals surface area (Å²) in [6.45, 7) is 7.96. The molecular weight excluding hydrogens is 378 g/mol. The second-order valence-corrected chi connectivity index (χ2v) is 6.84. The van der Waals surface area contributed by atoms with Crippen LogP contribution in [0, 0.1) is 0 Å². The van der Waals surface area contributed by atoms with Crippen LogP contribution in [0.3, 0.4) is 0 Å². The molecule has 1 fully saturated rings. The Labute approximate surface area is 167 Å². The highest BCUT2D eigenvalue weighted by Crippen LogP contribution is 2.14. The zero-order valence-corrected chi connectivity index (χ0v) is 16.9. The number of nitrogens with one attached hydrogen (secondary N) is 1. The van der Waals surface area contributed by atoms with Crippen molar-refractivity contribution >= 4 is 22.8 Å². The molecule has 0 aromatic carbocycles. The predicted octanol–water partition coefficient (Wildman–Crippen LogP) is 1.10. The summed E-state index contributed by atoms with van der Waals surface area (Å²) >= 11 is 0. The van der Waals surface area contributed by atoms with Gasteiger partial charge in [0, 0.05) is 45.6 Å². The molecule has 3 heterocycles. The zero-order chi connectivity index (χ0) is 21.0. The Morgan fingerprint density at radius 3 is 2.55 bits per heavy atom. The number of carbonyl (C=O) groups excluding carboxylic acids is 1. The Morgan fingerprint density at radius 1 is 1.24 bits per heavy atom. The second kappa shape index (κ2) is 8.89. The molecule has 0 atom stereocenters. The number of H-pyrrole nitrogens is 1. The third-order valence-electron chi connectivity index (χ3n) is 4.86. The number of hydrogen-bond acceptors (Lipinski definition) is 7. The lowest BCUT2D eigenvalue weighted by atomic mass is 10.1. The molecule has 0 spiro atoms. The molecule has 0 saturated carbocycles. The van der Waals surface area contributed by atoms with E-state index in [2.05, 4.69) is 20.0 Å². The van der Waals surface area contributed by atoms with Crippen LogP contribution in [0.4, 0.5) is 0 Å². The number of carbonyl (C=O) groups is 1. The van der Waals surface area contributed by atoms with Crippen LogP contribution in [0.1, 0.15) is 39.2 Å². The number of hydrogen-bond donors (Lipinski definition) is 1. The van der Waals surface area contributed by atoms with E-state index in [1.54, 1.807) is 11.8 Å². The van der Waals surface area contributed by atoms with Gasteiger partial charge in [-0.25, -0.2) is 4.79 Å². The van der Waals surface area contributed by atoms with Crippen LogP contribution in [-0.4, -0.2) is 57.7 Å². The topological polar surface area (TPSA) is 121 Å². The first-order chi connectivity index (χ1) is 13.9. The van der Waals surface area contributed by atoms with Gasteiger partial charge >= 0.3 is 11.6 Å². The number of amidine groups is 1. The van der Waals surface area contributed by atoms with E-state index in [-0.39, 0.29) is 23.0 Å². The minimum Gasteiger partial charge on any atom is -0.403 e. The summed E-state index contributed by atoms with van der Waals surface area (Å²) in [6, 6.07) is 1.15. The summed E-state index contributed by atoms with van der Waals surface area (Å²) in [6.07, 6.45) is 2.02. The average Bonchev–Trinajstić information content (AvgIpc) is 2.70. The van der Waals surface area contributed by atoms with E-state index < -0.39 is 11.2 Å². The van der Waals surface area contributed by atoms with Crippen LogP contribution in [0.5, 0.6) is 6.01 Å². The summed E-state index contributed by atoms with van der Waals surface area (Å²) in [5.74, 6) is 0.767. The first-order valence-corrected chi connectivity index (χ1v) is 9.74. The number of aromatic nitrogens is 2. The van der Waals surface area contributed by atoms with Gasteiger partial charge in [0.25, 0.3) is 5.56 Å². The molecule has 156 valence electrons. The molecule has 0 aliphatic carbocycles. The lowest BCUT2D eigenvalue weighted by molar-refractivity contribution is -0.130. The lowest BCUT2D eigenvalue weighted by Crippen LogP contribution is -2.50. The maximum Gasteiger partial charge on any atom is 0.337 e. The van der Waals surface area contributed by atoms with Gasteiger partial charge in [-0.05, 0) is 18.4 Å². The number of fused-ring (bicyclic) bond motifs is 1. The predicted molar refractivity (Wildman–Crippen MR) is 107 cm³/mol. The highest BCUT2D eigenvalue weighted by molar-refractivity contribution is 5.82. The van der Waals surface area contributed by atoms with Gasteiger partial charge in [-0.2, -0.15) is 4.98 Å². The standard InChI is InChI=1S/C19H25N5O5/c1-4-6-14(24-9-7-23(8-10-24)12(3)25)22-29-19-20-17(27)16-13(5-2)11-15(26)28-18(16)21-19/h11H,4-10H2,1-3H3,(H,20,21,27). The highest BCUT2D eigenvalue weighted by atomic mass is 16.6. The van der Waals surface area contributed by atoms with Gasteiger partial charge in [0.1, 0.15) is 11.2 Å². The minimum absolute atomic E-state index is 0.0563.